The van der Waals surface area contributed by atoms with Gasteiger partial charge in [0.2, 0.25) is 5.75 Å². The van der Waals surface area contributed by atoms with Crippen molar-refractivity contribution in [2.24, 2.45) is 0 Å². The molecule has 0 aromatic heterocycles. The number of nitrogens with zero attached hydrogens (tertiary/aromatic N) is 1. The zero-order chi connectivity index (χ0) is 18.5. The Morgan fingerprint density at radius 3 is 2.46 bits per heavy atom. The fraction of sp³-hybridized carbons (Fsp3) is 0.579. The molecule has 142 valence electrons. The van der Waals surface area contributed by atoms with Crippen LogP contribution in [-0.2, 0) is 9.53 Å². The van der Waals surface area contributed by atoms with Gasteiger partial charge in [0.1, 0.15) is 13.2 Å². The van der Waals surface area contributed by atoms with E-state index in [2.05, 4.69) is 0 Å². The first kappa shape index (κ1) is 18.4. The number of esters is 1. The molecule has 26 heavy (non-hydrogen) atoms. The van der Waals surface area contributed by atoms with Crippen molar-refractivity contribution < 1.29 is 28.5 Å². The maximum Gasteiger partial charge on any atom is 0.339 e. The summed E-state index contributed by atoms with van der Waals surface area (Å²) >= 11 is 0. The van der Waals surface area contributed by atoms with E-state index < -0.39 is 12.1 Å². The molecule has 0 bridgehead atoms. The monoisotopic (exact) mass is 363 g/mol. The van der Waals surface area contributed by atoms with Crippen LogP contribution in [0.3, 0.4) is 0 Å². The topological polar surface area (TPSA) is 74.3 Å². The summed E-state index contributed by atoms with van der Waals surface area (Å²) in [6.07, 6.45) is 3.42. The number of carbonyl (C=O) groups is 2. The van der Waals surface area contributed by atoms with Gasteiger partial charge in [-0.25, -0.2) is 4.79 Å². The molecule has 1 aromatic rings. The van der Waals surface area contributed by atoms with Crippen molar-refractivity contribution in [2.45, 2.75) is 38.7 Å². The minimum absolute atomic E-state index is 0.148. The Hall–Kier alpha value is -2.44. The van der Waals surface area contributed by atoms with E-state index in [1.807, 2.05) is 0 Å². The van der Waals surface area contributed by atoms with Gasteiger partial charge in [0.05, 0.1) is 12.7 Å². The highest BCUT2D eigenvalue weighted by Gasteiger charge is 2.27. The van der Waals surface area contributed by atoms with E-state index >= 15 is 0 Å². The molecule has 0 radical (unpaired) electrons. The fourth-order valence-corrected chi connectivity index (χ4v) is 3.22. The summed E-state index contributed by atoms with van der Waals surface area (Å²) in [4.78, 5) is 26.9. The van der Waals surface area contributed by atoms with Gasteiger partial charge in [-0.15, -0.1) is 0 Å². The molecule has 1 fully saturated rings. The van der Waals surface area contributed by atoms with Crippen LogP contribution in [-0.4, -0.2) is 56.3 Å². The number of carbonyl (C=O) groups excluding carboxylic acids is 2. The van der Waals surface area contributed by atoms with E-state index in [0.29, 0.717) is 30.5 Å². The van der Waals surface area contributed by atoms with Gasteiger partial charge in [-0.05, 0) is 31.9 Å². The lowest BCUT2D eigenvalue weighted by Crippen LogP contribution is -2.40. The smallest absolute Gasteiger partial charge is 0.339 e. The summed E-state index contributed by atoms with van der Waals surface area (Å²) in [5, 5.41) is 0. The van der Waals surface area contributed by atoms with Gasteiger partial charge in [-0.2, -0.15) is 0 Å². The molecule has 0 aliphatic carbocycles. The molecule has 2 heterocycles. The van der Waals surface area contributed by atoms with E-state index in [9.17, 15) is 9.59 Å². The standard InChI is InChI=1S/C19H25NO6/c1-13(18(21)20-7-5-3-4-6-8-20)26-19(22)14-11-15(23-2)17-16(12-14)24-9-10-25-17/h11-13H,3-10H2,1-2H3/t13-/m0/s1. The molecule has 3 rings (SSSR count). The molecule has 1 atom stereocenters. The largest absolute Gasteiger partial charge is 0.493 e. The van der Waals surface area contributed by atoms with Crippen LogP contribution in [0.1, 0.15) is 43.0 Å². The van der Waals surface area contributed by atoms with Crippen molar-refractivity contribution >= 4 is 11.9 Å². The lowest BCUT2D eigenvalue weighted by atomic mass is 10.1. The minimum Gasteiger partial charge on any atom is -0.493 e. The zero-order valence-electron chi connectivity index (χ0n) is 15.3. The summed E-state index contributed by atoms with van der Waals surface area (Å²) in [6, 6.07) is 3.10. The van der Waals surface area contributed by atoms with Crippen molar-refractivity contribution in [1.82, 2.24) is 4.90 Å². The number of fused-ring (bicyclic) bond motifs is 1. The molecule has 1 amide bonds. The van der Waals surface area contributed by atoms with E-state index in [-0.39, 0.29) is 11.5 Å². The number of methoxy groups -OCH3 is 1. The predicted molar refractivity (Wildman–Crippen MR) is 93.9 cm³/mol. The number of rotatable bonds is 4. The molecular formula is C19H25NO6. The Kier molecular flexibility index (Phi) is 5.85. The van der Waals surface area contributed by atoms with Crippen LogP contribution in [0.15, 0.2) is 12.1 Å². The van der Waals surface area contributed by atoms with Crippen LogP contribution >= 0.6 is 0 Å². The maximum absolute atomic E-state index is 12.6. The third kappa shape index (κ3) is 4.03. The summed E-state index contributed by atoms with van der Waals surface area (Å²) in [5.41, 5.74) is 0.265. The van der Waals surface area contributed by atoms with Gasteiger partial charge in [0.25, 0.3) is 5.91 Å². The molecule has 2 aliphatic heterocycles. The van der Waals surface area contributed by atoms with Crippen LogP contribution < -0.4 is 14.2 Å². The van der Waals surface area contributed by atoms with Crippen LogP contribution in [0.4, 0.5) is 0 Å². The molecule has 7 heteroatoms. The summed E-state index contributed by atoms with van der Waals surface area (Å²) in [5.74, 6) is 0.583. The highest BCUT2D eigenvalue weighted by molar-refractivity contribution is 5.93. The summed E-state index contributed by atoms with van der Waals surface area (Å²) in [7, 11) is 1.49. The summed E-state index contributed by atoms with van der Waals surface area (Å²) < 4.78 is 21.7. The first-order valence-corrected chi connectivity index (χ1v) is 9.07. The first-order chi connectivity index (χ1) is 12.6. The van der Waals surface area contributed by atoms with Crippen molar-refractivity contribution in [2.75, 3.05) is 33.4 Å². The van der Waals surface area contributed by atoms with E-state index in [1.54, 1.807) is 24.0 Å². The molecule has 2 aliphatic rings. The highest BCUT2D eigenvalue weighted by atomic mass is 16.6. The lowest BCUT2D eigenvalue weighted by Gasteiger charge is -2.24. The quantitative estimate of drug-likeness (QED) is 0.765. The van der Waals surface area contributed by atoms with Crippen LogP contribution in [0.5, 0.6) is 17.2 Å². The average molecular weight is 363 g/mol. The second-order valence-electron chi connectivity index (χ2n) is 6.49. The van der Waals surface area contributed by atoms with Crippen LogP contribution in [0, 0.1) is 0 Å². The van der Waals surface area contributed by atoms with Gasteiger partial charge < -0.3 is 23.8 Å². The van der Waals surface area contributed by atoms with Crippen molar-refractivity contribution in [1.29, 1.82) is 0 Å². The highest BCUT2D eigenvalue weighted by Crippen LogP contribution is 2.40. The van der Waals surface area contributed by atoms with Gasteiger partial charge >= 0.3 is 5.97 Å². The second-order valence-corrected chi connectivity index (χ2v) is 6.49. The zero-order valence-corrected chi connectivity index (χ0v) is 15.3. The average Bonchev–Trinajstić information content (AvgIpc) is 2.95. The number of benzene rings is 1. The van der Waals surface area contributed by atoms with Crippen molar-refractivity contribution in [3.63, 3.8) is 0 Å². The predicted octanol–water partition coefficient (Wildman–Crippen LogP) is 2.41. The Morgan fingerprint density at radius 1 is 1.08 bits per heavy atom. The molecule has 0 saturated carbocycles. The van der Waals surface area contributed by atoms with E-state index in [4.69, 9.17) is 18.9 Å². The third-order valence-corrected chi connectivity index (χ3v) is 4.61. The minimum atomic E-state index is -0.834. The molecule has 0 unspecified atom stereocenters. The van der Waals surface area contributed by atoms with Gasteiger partial charge in [-0.3, -0.25) is 4.79 Å². The van der Waals surface area contributed by atoms with Gasteiger partial charge in [0.15, 0.2) is 17.6 Å². The van der Waals surface area contributed by atoms with Gasteiger partial charge in [-0.1, -0.05) is 12.8 Å². The first-order valence-electron chi connectivity index (χ1n) is 9.07. The van der Waals surface area contributed by atoms with E-state index in [1.165, 1.54) is 7.11 Å². The lowest BCUT2D eigenvalue weighted by molar-refractivity contribution is -0.139. The third-order valence-electron chi connectivity index (χ3n) is 4.61. The normalized spacial score (nSPS) is 17.8. The molecule has 1 aromatic carbocycles. The van der Waals surface area contributed by atoms with Gasteiger partial charge in [0, 0.05) is 13.1 Å². The van der Waals surface area contributed by atoms with Crippen molar-refractivity contribution in [3.05, 3.63) is 17.7 Å². The number of likely N-dealkylation sites (tertiary alicyclic amines) is 1. The molecule has 7 nitrogen and oxygen atoms in total. The molecular weight excluding hydrogens is 338 g/mol. The Balaban J connectivity index is 1.70. The van der Waals surface area contributed by atoms with Crippen LogP contribution in [0.2, 0.25) is 0 Å². The molecule has 1 saturated heterocycles. The number of hydrogen-bond acceptors (Lipinski definition) is 6. The Labute approximate surface area is 153 Å². The summed E-state index contributed by atoms with van der Waals surface area (Å²) in [6.45, 7) is 3.88. The van der Waals surface area contributed by atoms with E-state index in [0.717, 1.165) is 38.8 Å². The fourth-order valence-electron chi connectivity index (χ4n) is 3.22. The van der Waals surface area contributed by atoms with Crippen molar-refractivity contribution in [3.8, 4) is 17.2 Å². The second kappa shape index (κ2) is 8.29. The number of amides is 1. The number of ether oxygens (including phenoxy) is 4. The maximum atomic E-state index is 12.6. The SMILES string of the molecule is COc1cc(C(=O)O[C@@H](C)C(=O)N2CCCCCC2)cc2c1OCCO2. The Morgan fingerprint density at radius 2 is 1.77 bits per heavy atom. The Bertz CT molecular complexity index is 649. The van der Waals surface area contributed by atoms with Crippen LogP contribution in [0.25, 0.3) is 0 Å². The molecule has 0 N–H and O–H groups in total. The molecule has 0 spiro atoms. The number of hydrogen-bond donors (Lipinski definition) is 0.